The van der Waals surface area contributed by atoms with Gasteiger partial charge in [0.25, 0.3) is 5.91 Å². The van der Waals surface area contributed by atoms with Crippen molar-refractivity contribution in [2.24, 2.45) is 0 Å². The summed E-state index contributed by atoms with van der Waals surface area (Å²) in [4.78, 5) is 41.6. The SMILES string of the molecule is CCNC(=O)Cn1cnc(C)c1C(=O)N(C)C(=O)[C@@H](I)CC. The number of alkyl halides is 1. The maximum absolute atomic E-state index is 12.6. The number of imide groups is 1. The van der Waals surface area contributed by atoms with Crippen LogP contribution in [-0.2, 0) is 16.1 Å². The third-order valence-corrected chi connectivity index (χ3v) is 4.59. The fraction of sp³-hybridized carbons (Fsp3) is 0.571. The molecule has 0 spiro atoms. The second-order valence-electron chi connectivity index (χ2n) is 4.84. The smallest absolute Gasteiger partial charge is 0.278 e. The van der Waals surface area contributed by atoms with E-state index in [1.807, 2.05) is 36.4 Å². The van der Waals surface area contributed by atoms with Gasteiger partial charge in [0.1, 0.15) is 12.2 Å². The predicted molar refractivity (Wildman–Crippen MR) is 90.8 cm³/mol. The van der Waals surface area contributed by atoms with E-state index in [0.717, 1.165) is 4.90 Å². The van der Waals surface area contributed by atoms with Crippen LogP contribution in [0.15, 0.2) is 6.33 Å². The molecule has 0 fully saturated rings. The van der Waals surface area contributed by atoms with E-state index in [1.54, 1.807) is 6.92 Å². The number of carbonyl (C=O) groups excluding carboxylic acids is 3. The van der Waals surface area contributed by atoms with Crippen molar-refractivity contribution >= 4 is 40.3 Å². The average Bonchev–Trinajstić information content (AvgIpc) is 2.84. The van der Waals surface area contributed by atoms with Crippen molar-refractivity contribution in [1.82, 2.24) is 19.8 Å². The van der Waals surface area contributed by atoms with Crippen LogP contribution in [0.2, 0.25) is 0 Å². The molecule has 1 aromatic heterocycles. The van der Waals surface area contributed by atoms with Crippen molar-refractivity contribution in [3.8, 4) is 0 Å². The lowest BCUT2D eigenvalue weighted by molar-refractivity contribution is -0.126. The molecule has 1 heterocycles. The number of aryl methyl sites for hydroxylation is 1. The van der Waals surface area contributed by atoms with Gasteiger partial charge in [0.15, 0.2) is 0 Å². The summed E-state index contributed by atoms with van der Waals surface area (Å²) in [5, 5.41) is 2.67. The van der Waals surface area contributed by atoms with Crippen LogP contribution in [0.1, 0.15) is 36.5 Å². The zero-order chi connectivity index (χ0) is 16.9. The Bertz CT molecular complexity index is 570. The van der Waals surface area contributed by atoms with Crippen molar-refractivity contribution in [3.63, 3.8) is 0 Å². The van der Waals surface area contributed by atoms with E-state index >= 15 is 0 Å². The van der Waals surface area contributed by atoms with E-state index in [-0.39, 0.29) is 28.0 Å². The molecule has 1 N–H and O–H groups in total. The Hall–Kier alpha value is -1.45. The van der Waals surface area contributed by atoms with Crippen LogP contribution in [0.3, 0.4) is 0 Å². The zero-order valence-electron chi connectivity index (χ0n) is 13.2. The highest BCUT2D eigenvalue weighted by molar-refractivity contribution is 14.1. The van der Waals surface area contributed by atoms with E-state index in [0.29, 0.717) is 18.7 Å². The van der Waals surface area contributed by atoms with Gasteiger partial charge in [-0.3, -0.25) is 19.3 Å². The molecule has 0 bridgehead atoms. The second-order valence-corrected chi connectivity index (χ2v) is 6.34. The number of nitrogens with one attached hydrogen (secondary N) is 1. The van der Waals surface area contributed by atoms with Gasteiger partial charge in [0.05, 0.1) is 15.9 Å². The maximum atomic E-state index is 12.6. The quantitative estimate of drug-likeness (QED) is 0.553. The Morgan fingerprint density at radius 2 is 2.05 bits per heavy atom. The van der Waals surface area contributed by atoms with E-state index in [9.17, 15) is 14.4 Å². The Morgan fingerprint density at radius 3 is 2.59 bits per heavy atom. The molecule has 0 saturated carbocycles. The van der Waals surface area contributed by atoms with Crippen LogP contribution in [0.25, 0.3) is 0 Å². The van der Waals surface area contributed by atoms with Crippen LogP contribution < -0.4 is 5.32 Å². The molecular formula is C14H21IN4O3. The first kappa shape index (κ1) is 18.6. The monoisotopic (exact) mass is 420 g/mol. The molecule has 7 nitrogen and oxygen atoms in total. The molecule has 3 amide bonds. The molecule has 122 valence electrons. The molecule has 1 atom stereocenters. The number of hydrogen-bond donors (Lipinski definition) is 1. The normalized spacial score (nSPS) is 11.9. The summed E-state index contributed by atoms with van der Waals surface area (Å²) in [7, 11) is 1.45. The molecule has 0 aliphatic heterocycles. The van der Waals surface area contributed by atoms with Crippen molar-refractivity contribution in [2.45, 2.75) is 37.7 Å². The van der Waals surface area contributed by atoms with Crippen molar-refractivity contribution in [3.05, 3.63) is 17.7 Å². The highest BCUT2D eigenvalue weighted by atomic mass is 127. The number of imidazole rings is 1. The molecule has 1 aromatic rings. The molecule has 8 heteroatoms. The lowest BCUT2D eigenvalue weighted by atomic mass is 10.2. The summed E-state index contributed by atoms with van der Waals surface area (Å²) >= 11 is 2.02. The van der Waals surface area contributed by atoms with Gasteiger partial charge < -0.3 is 9.88 Å². The van der Waals surface area contributed by atoms with Gasteiger partial charge in [-0.2, -0.15) is 0 Å². The molecule has 0 unspecified atom stereocenters. The molecule has 0 aliphatic rings. The minimum atomic E-state index is -0.445. The van der Waals surface area contributed by atoms with Gasteiger partial charge in [0.2, 0.25) is 11.8 Å². The number of carbonyl (C=O) groups is 3. The summed E-state index contributed by atoms with van der Waals surface area (Å²) in [5.74, 6) is -0.902. The van der Waals surface area contributed by atoms with Crippen LogP contribution in [0.4, 0.5) is 0 Å². The Morgan fingerprint density at radius 1 is 1.41 bits per heavy atom. The summed E-state index contributed by atoms with van der Waals surface area (Å²) < 4.78 is 1.22. The topological polar surface area (TPSA) is 84.3 Å². The van der Waals surface area contributed by atoms with Crippen molar-refractivity contribution in [2.75, 3.05) is 13.6 Å². The van der Waals surface area contributed by atoms with E-state index < -0.39 is 5.91 Å². The minimum Gasteiger partial charge on any atom is -0.355 e. The fourth-order valence-electron chi connectivity index (χ4n) is 1.93. The number of amides is 3. The third-order valence-electron chi connectivity index (χ3n) is 3.17. The molecular weight excluding hydrogens is 399 g/mol. The number of aromatic nitrogens is 2. The Balaban J connectivity index is 3.00. The van der Waals surface area contributed by atoms with E-state index in [2.05, 4.69) is 10.3 Å². The van der Waals surface area contributed by atoms with Gasteiger partial charge in [-0.15, -0.1) is 0 Å². The number of likely N-dealkylation sites (N-methyl/N-ethyl adjacent to an activating group) is 1. The van der Waals surface area contributed by atoms with Crippen LogP contribution in [0, 0.1) is 6.92 Å². The lowest BCUT2D eigenvalue weighted by Gasteiger charge is -2.19. The summed E-state index contributed by atoms with van der Waals surface area (Å²) in [6.45, 7) is 5.90. The first-order valence-electron chi connectivity index (χ1n) is 7.07. The van der Waals surface area contributed by atoms with Crippen LogP contribution in [-0.4, -0.2) is 49.7 Å². The van der Waals surface area contributed by atoms with Crippen molar-refractivity contribution < 1.29 is 14.4 Å². The number of halogens is 1. The van der Waals surface area contributed by atoms with E-state index in [4.69, 9.17) is 0 Å². The van der Waals surface area contributed by atoms with Crippen LogP contribution >= 0.6 is 22.6 Å². The fourth-order valence-corrected chi connectivity index (χ4v) is 2.35. The molecule has 0 saturated heterocycles. The van der Waals surface area contributed by atoms with Gasteiger partial charge >= 0.3 is 0 Å². The van der Waals surface area contributed by atoms with Gasteiger partial charge in [-0.1, -0.05) is 29.5 Å². The lowest BCUT2D eigenvalue weighted by Crippen LogP contribution is -2.39. The summed E-state index contributed by atoms with van der Waals surface area (Å²) in [6.07, 6.45) is 2.09. The molecule has 1 rings (SSSR count). The van der Waals surface area contributed by atoms with Gasteiger partial charge in [-0.05, 0) is 20.3 Å². The van der Waals surface area contributed by atoms with E-state index in [1.165, 1.54) is 17.9 Å². The predicted octanol–water partition coefficient (Wildman–Crippen LogP) is 1.14. The minimum absolute atomic E-state index is 0.000769. The standard InChI is InChI=1S/C14H21IN4O3/c1-5-10(15)13(21)18(4)14(22)12-9(3)17-8-19(12)7-11(20)16-6-2/h8,10H,5-7H2,1-4H3,(H,16,20)/t10-/m0/s1. The summed E-state index contributed by atoms with van der Waals surface area (Å²) in [6, 6.07) is 0. The number of rotatable bonds is 6. The second kappa shape index (κ2) is 8.25. The first-order valence-corrected chi connectivity index (χ1v) is 8.32. The zero-order valence-corrected chi connectivity index (χ0v) is 15.4. The molecule has 22 heavy (non-hydrogen) atoms. The highest BCUT2D eigenvalue weighted by Gasteiger charge is 2.27. The third kappa shape index (κ3) is 4.28. The first-order chi connectivity index (χ1) is 10.3. The molecule has 0 aliphatic carbocycles. The Kier molecular flexibility index (Phi) is 6.98. The van der Waals surface area contributed by atoms with Crippen LogP contribution in [0.5, 0.6) is 0 Å². The van der Waals surface area contributed by atoms with Gasteiger partial charge in [0, 0.05) is 13.6 Å². The largest absolute Gasteiger partial charge is 0.355 e. The van der Waals surface area contributed by atoms with Gasteiger partial charge in [-0.25, -0.2) is 4.98 Å². The highest BCUT2D eigenvalue weighted by Crippen LogP contribution is 2.14. The average molecular weight is 420 g/mol. The summed E-state index contributed by atoms with van der Waals surface area (Å²) in [5.41, 5.74) is 0.761. The molecule has 0 aromatic carbocycles. The number of hydrogen-bond acceptors (Lipinski definition) is 4. The van der Waals surface area contributed by atoms with Crippen molar-refractivity contribution in [1.29, 1.82) is 0 Å². The maximum Gasteiger partial charge on any atom is 0.278 e. The number of nitrogens with zero attached hydrogens (tertiary/aromatic N) is 3. The molecule has 0 radical (unpaired) electrons. The Labute approximate surface area is 143 Å².